The van der Waals surface area contributed by atoms with E-state index in [0.29, 0.717) is 24.9 Å². The zero-order valence-electron chi connectivity index (χ0n) is 58.9. The molecule has 5 aromatic carbocycles. The number of aromatic nitrogens is 1. The summed E-state index contributed by atoms with van der Waals surface area (Å²) in [5.41, 5.74) is 34.6. The van der Waals surface area contributed by atoms with E-state index in [2.05, 4.69) is 68.8 Å². The summed E-state index contributed by atoms with van der Waals surface area (Å²) >= 11 is 0. The Bertz CT molecular complexity index is 4250. The van der Waals surface area contributed by atoms with Gasteiger partial charge in [-0.3, -0.25) is 64.8 Å². The minimum atomic E-state index is -1.48. The number of aromatic amines is 1. The number of aliphatic carboxylic acids is 1. The van der Waals surface area contributed by atoms with Crippen LogP contribution in [0.25, 0.3) is 10.9 Å². The number of hydrogen-bond acceptors (Lipinski definition) is 19. The molecule has 38 nitrogen and oxygen atoms in total. The summed E-state index contributed by atoms with van der Waals surface area (Å²) in [4.78, 5) is 141. The van der Waals surface area contributed by atoms with E-state index in [0.717, 1.165) is 17.0 Å². The highest BCUT2D eigenvalue weighted by atomic mass is 16.5. The van der Waals surface area contributed by atoms with Crippen molar-refractivity contribution in [2.24, 2.45) is 34.4 Å². The molecule has 0 aliphatic rings. The maximum atomic E-state index is 14.6. The van der Waals surface area contributed by atoms with E-state index < -0.39 is 107 Å². The van der Waals surface area contributed by atoms with Crippen LogP contribution in [0.1, 0.15) is 105 Å². The lowest BCUT2D eigenvalue weighted by atomic mass is 10.0. The summed E-state index contributed by atoms with van der Waals surface area (Å²) in [6, 6.07) is 17.0. The molecule has 5 atom stereocenters. The Morgan fingerprint density at radius 1 is 0.439 bits per heavy atom. The Kier molecular flexibility index (Phi) is 31.6. The molecule has 0 fully saturated rings. The molecule has 0 aliphatic carbocycles. The molecule has 0 spiro atoms. The SMILES string of the molecule is COc1ccc(NC(=O)[C@H](CCCCNC(=N)N)NC(=O)c2cc(NC(=O)[C@H](CCCNC(=N)N)NC(=O)c3cc(NC(=O)[C@H](CCCNC(=N)N)NC(=O)c4cc(NC(=O)[C@@H](N)CCCNC(=N)N)ccc4OC)ccc3OCC(=O)O)ccc2OC)cc1C(=O)N[C@@H](Cc1c[nH]c2ccccc12)C(N)=O. The number of rotatable bonds is 42. The van der Waals surface area contributed by atoms with Crippen LogP contribution in [0.2, 0.25) is 0 Å². The molecule has 9 amide bonds. The second kappa shape index (κ2) is 41.0. The molecule has 0 bridgehead atoms. The third kappa shape index (κ3) is 26.1. The van der Waals surface area contributed by atoms with Crippen molar-refractivity contribution in [2.75, 3.05) is 75.4 Å². The summed E-state index contributed by atoms with van der Waals surface area (Å²) in [5, 5.41) is 72.6. The number of carbonyl (C=O) groups is 10. The van der Waals surface area contributed by atoms with Crippen molar-refractivity contribution in [1.29, 1.82) is 21.6 Å². The van der Waals surface area contributed by atoms with Gasteiger partial charge in [0.15, 0.2) is 30.4 Å². The summed E-state index contributed by atoms with van der Waals surface area (Å²) in [6.07, 6.45) is 3.05. The number of benzene rings is 5. The molecule has 6 rings (SSSR count). The minimum absolute atomic E-state index is 0.00430. The second-order valence-electron chi connectivity index (χ2n) is 24.1. The zero-order chi connectivity index (χ0) is 78.3. The van der Waals surface area contributed by atoms with E-state index in [-0.39, 0.29) is 151 Å². The van der Waals surface area contributed by atoms with Crippen LogP contribution in [0, 0.1) is 21.6 Å². The van der Waals surface area contributed by atoms with Gasteiger partial charge in [-0.25, -0.2) is 4.79 Å². The number of para-hydroxylation sites is 1. The predicted molar refractivity (Wildman–Crippen MR) is 398 cm³/mol. The van der Waals surface area contributed by atoms with Crippen molar-refractivity contribution in [3.8, 4) is 23.0 Å². The van der Waals surface area contributed by atoms with Crippen LogP contribution < -0.4 is 117 Å². The largest absolute Gasteiger partial charge is 0.496 e. The van der Waals surface area contributed by atoms with Crippen molar-refractivity contribution in [1.82, 2.24) is 47.5 Å². The van der Waals surface area contributed by atoms with Crippen LogP contribution in [0.15, 0.2) is 103 Å². The normalized spacial score (nSPS) is 12.1. The van der Waals surface area contributed by atoms with Crippen LogP contribution in [0.3, 0.4) is 0 Å². The minimum Gasteiger partial charge on any atom is -0.496 e. The van der Waals surface area contributed by atoms with Gasteiger partial charge in [-0.15, -0.1) is 0 Å². The lowest BCUT2D eigenvalue weighted by molar-refractivity contribution is -0.139. The zero-order valence-corrected chi connectivity index (χ0v) is 58.9. The van der Waals surface area contributed by atoms with E-state index in [1.807, 2.05) is 24.3 Å². The molecule has 38 heteroatoms. The molecule has 1 aromatic heterocycles. The number of anilines is 4. The number of primary amides is 1. The molecule has 6 aromatic rings. The van der Waals surface area contributed by atoms with Gasteiger partial charge in [0.2, 0.25) is 29.5 Å². The van der Waals surface area contributed by atoms with Gasteiger partial charge >= 0.3 is 5.97 Å². The lowest BCUT2D eigenvalue weighted by Crippen LogP contribution is -2.46. The lowest BCUT2D eigenvalue weighted by Gasteiger charge is -2.22. The molecule has 0 saturated carbocycles. The molecular weight excluding hydrogens is 1390 g/mol. The number of hydrogen-bond donors (Lipinski definition) is 24. The number of guanidine groups is 4. The van der Waals surface area contributed by atoms with Gasteiger partial charge in [0.05, 0.1) is 49.6 Å². The highest BCUT2D eigenvalue weighted by molar-refractivity contribution is 6.08. The first-order valence-electron chi connectivity index (χ1n) is 33.5. The predicted octanol–water partition coefficient (Wildman–Crippen LogP) is 0.404. The Labute approximate surface area is 613 Å². The van der Waals surface area contributed by atoms with Crippen molar-refractivity contribution in [3.05, 3.63) is 131 Å². The van der Waals surface area contributed by atoms with Crippen LogP contribution in [-0.4, -0.2) is 177 Å². The van der Waals surface area contributed by atoms with Crippen LogP contribution in [0.5, 0.6) is 23.0 Å². The van der Waals surface area contributed by atoms with Gasteiger partial charge in [-0.05, 0) is 142 Å². The third-order valence-corrected chi connectivity index (χ3v) is 16.1. The number of fused-ring (bicyclic) bond motifs is 1. The van der Waals surface area contributed by atoms with Crippen LogP contribution in [-0.2, 0) is 35.2 Å². The van der Waals surface area contributed by atoms with E-state index >= 15 is 0 Å². The van der Waals surface area contributed by atoms with E-state index in [1.54, 1.807) is 6.20 Å². The molecule has 107 heavy (non-hydrogen) atoms. The summed E-state index contributed by atoms with van der Waals surface area (Å²) < 4.78 is 22.0. The summed E-state index contributed by atoms with van der Waals surface area (Å²) in [5.74, 6) is -10.3. The number of carboxylic acid groups (broad SMARTS) is 1. The Balaban J connectivity index is 1.23. The Morgan fingerprint density at radius 2 is 0.785 bits per heavy atom. The molecule has 0 aliphatic heterocycles. The van der Waals surface area contributed by atoms with E-state index in [4.69, 9.17) is 75.0 Å². The fourth-order valence-corrected chi connectivity index (χ4v) is 10.8. The average molecular weight is 1480 g/mol. The fraction of sp³-hybridized carbons (Fsp3) is 0.333. The number of methoxy groups -OCH3 is 3. The molecule has 30 N–H and O–H groups in total. The maximum Gasteiger partial charge on any atom is 0.341 e. The third-order valence-electron chi connectivity index (χ3n) is 16.1. The highest BCUT2D eigenvalue weighted by Crippen LogP contribution is 2.29. The number of carbonyl (C=O) groups excluding carboxylic acids is 9. The molecule has 0 saturated heterocycles. The standard InChI is InChI=1S/C69H91N23O15/c1-104-52-21-17-37(85-62(100)46(70)12-8-26-81-67(74)75)30-42(52)59(97)90-49(15-9-27-82-68(76)77)64(102)88-40-20-24-55(107-35-56(93)94)45(33-40)61(99)91-50(16-10-28-83-69(78)79)65(103)87-38-18-22-53(105-2)43(31-38)58(96)89-48(14-6-7-25-80-66(72)73)63(101)86-39-19-23-54(106-3)44(32-39)60(98)92-51(57(71)95)29-36-34-84-47-13-5-4-11-41(36)47/h4-5,11,13,17-24,30-34,46,48-51,84H,6-10,12,14-16,25-29,35,70H2,1-3H3,(H2,71,95)(H,85,100)(H,86,101)(H,87,103)(H,88,102)(H,89,96)(H,90,97)(H,91,99)(H,92,98)(H,93,94)(H4,72,73,80)(H4,74,75,81)(H4,76,77,82)(H4,78,79,83)/t46-,48-,49-,50-,51-/m0/s1. The molecular formula is C69H91N23O15. The van der Waals surface area contributed by atoms with Crippen LogP contribution >= 0.6 is 0 Å². The molecule has 572 valence electrons. The Hall–Kier alpha value is -13.4. The molecule has 1 heterocycles. The smallest absolute Gasteiger partial charge is 0.341 e. The first kappa shape index (κ1) is 82.5. The maximum absolute atomic E-state index is 14.6. The summed E-state index contributed by atoms with van der Waals surface area (Å²) in [6.45, 7) is -0.292. The van der Waals surface area contributed by atoms with Gasteiger partial charge in [0.25, 0.3) is 23.6 Å². The molecule has 0 radical (unpaired) electrons. The number of amides is 9. The van der Waals surface area contributed by atoms with E-state index in [9.17, 15) is 53.1 Å². The first-order chi connectivity index (χ1) is 51.1. The van der Waals surface area contributed by atoms with Gasteiger partial charge in [0, 0.05) is 72.4 Å². The second-order valence-corrected chi connectivity index (χ2v) is 24.1. The monoisotopic (exact) mass is 1480 g/mol. The quantitative estimate of drug-likeness (QED) is 0.0140. The number of carboxylic acids is 1. The average Bonchev–Trinajstić information content (AvgIpc) is 1.81. The van der Waals surface area contributed by atoms with Crippen molar-refractivity contribution < 1.29 is 72.0 Å². The van der Waals surface area contributed by atoms with Gasteiger partial charge in [-0.2, -0.15) is 0 Å². The van der Waals surface area contributed by atoms with Gasteiger partial charge in [0.1, 0.15) is 47.2 Å². The van der Waals surface area contributed by atoms with Crippen LogP contribution in [0.4, 0.5) is 22.7 Å². The van der Waals surface area contributed by atoms with Crippen molar-refractivity contribution >= 4 is 117 Å². The Morgan fingerprint density at radius 3 is 1.17 bits per heavy atom. The highest BCUT2D eigenvalue weighted by Gasteiger charge is 2.31. The fourth-order valence-electron chi connectivity index (χ4n) is 10.8. The van der Waals surface area contributed by atoms with E-state index in [1.165, 1.54) is 88.1 Å². The summed E-state index contributed by atoms with van der Waals surface area (Å²) in [7, 11) is 3.89. The number of nitrogens with one attached hydrogen (secondary N) is 17. The first-order valence-corrected chi connectivity index (χ1v) is 33.5. The van der Waals surface area contributed by atoms with Gasteiger partial charge in [-0.1, -0.05) is 18.2 Å². The number of ether oxygens (including phenoxy) is 4. The van der Waals surface area contributed by atoms with Crippen molar-refractivity contribution in [2.45, 2.75) is 94.4 Å². The number of nitrogens with two attached hydrogens (primary N) is 6. The number of H-pyrrole nitrogens is 1. The molecule has 0 unspecified atom stereocenters. The van der Waals surface area contributed by atoms with Crippen molar-refractivity contribution in [3.63, 3.8) is 0 Å². The van der Waals surface area contributed by atoms with Gasteiger partial charge < -0.3 is 127 Å². The number of unbranched alkanes of at least 4 members (excludes halogenated alkanes) is 1. The topological polar surface area (TPSA) is 640 Å².